The molecule has 0 saturated carbocycles. The molecule has 20 heavy (non-hydrogen) atoms. The lowest BCUT2D eigenvalue weighted by molar-refractivity contribution is -0.139. The van der Waals surface area contributed by atoms with Crippen LogP contribution in [0.2, 0.25) is 0 Å². The van der Waals surface area contributed by atoms with Crippen LogP contribution in [0.25, 0.3) is 0 Å². The van der Waals surface area contributed by atoms with E-state index in [9.17, 15) is 14.7 Å². The normalized spacial score (nSPS) is 23.2. The van der Waals surface area contributed by atoms with E-state index in [0.717, 1.165) is 0 Å². The Morgan fingerprint density at radius 1 is 1.30 bits per heavy atom. The Balaban J connectivity index is 1.89. The van der Waals surface area contributed by atoms with Crippen LogP contribution in [-0.2, 0) is 4.79 Å². The molecule has 1 aliphatic heterocycles. The summed E-state index contributed by atoms with van der Waals surface area (Å²) in [4.78, 5) is 24.3. The molecule has 0 aromatic heterocycles. The largest absolute Gasteiger partial charge is 0.480 e. The van der Waals surface area contributed by atoms with Gasteiger partial charge in [-0.05, 0) is 18.6 Å². The van der Waals surface area contributed by atoms with Gasteiger partial charge in [0.2, 0.25) is 0 Å². The van der Waals surface area contributed by atoms with Crippen molar-refractivity contribution in [1.82, 2.24) is 10.2 Å². The fraction of sp³-hybridized carbons (Fsp3) is 0.429. The summed E-state index contributed by atoms with van der Waals surface area (Å²) < 4.78 is 0. The Morgan fingerprint density at radius 3 is 2.60 bits per heavy atom. The highest BCUT2D eigenvalue weighted by molar-refractivity contribution is 5.94. The van der Waals surface area contributed by atoms with E-state index in [1.54, 1.807) is 29.2 Å². The summed E-state index contributed by atoms with van der Waals surface area (Å²) in [5.74, 6) is -1.13. The van der Waals surface area contributed by atoms with Gasteiger partial charge >= 0.3 is 5.97 Å². The number of amides is 1. The van der Waals surface area contributed by atoms with Gasteiger partial charge in [-0.1, -0.05) is 18.2 Å². The van der Waals surface area contributed by atoms with Crippen molar-refractivity contribution in [3.63, 3.8) is 0 Å². The maximum absolute atomic E-state index is 12.0. The molecule has 6 nitrogen and oxygen atoms in total. The van der Waals surface area contributed by atoms with Crippen molar-refractivity contribution in [3.05, 3.63) is 35.9 Å². The molecule has 0 radical (unpaired) electrons. The zero-order chi connectivity index (χ0) is 14.5. The number of benzene rings is 1. The number of carbonyl (C=O) groups excluding carboxylic acids is 1. The number of likely N-dealkylation sites (tertiary alicyclic amines) is 1. The number of hydrogen-bond acceptors (Lipinski definition) is 4. The number of carboxylic acid groups (broad SMARTS) is 1. The van der Waals surface area contributed by atoms with Gasteiger partial charge in [0.25, 0.3) is 5.91 Å². The first-order valence-corrected chi connectivity index (χ1v) is 6.54. The number of piperidine rings is 1. The molecule has 3 N–H and O–H groups in total. The molecule has 6 heteroatoms. The lowest BCUT2D eigenvalue weighted by Gasteiger charge is -2.35. The van der Waals surface area contributed by atoms with Crippen molar-refractivity contribution in [3.8, 4) is 0 Å². The van der Waals surface area contributed by atoms with Gasteiger partial charge in [-0.3, -0.25) is 14.5 Å². The quantitative estimate of drug-likeness (QED) is 0.717. The molecule has 0 spiro atoms. The van der Waals surface area contributed by atoms with Crippen LogP contribution in [0.1, 0.15) is 16.8 Å². The number of aliphatic hydroxyl groups is 1. The number of nitrogens with one attached hydrogen (secondary N) is 1. The van der Waals surface area contributed by atoms with E-state index < -0.39 is 12.1 Å². The lowest BCUT2D eigenvalue weighted by atomic mass is 10.0. The molecule has 0 aliphatic carbocycles. The summed E-state index contributed by atoms with van der Waals surface area (Å²) in [6.07, 6.45) is -0.219. The molecule has 1 aliphatic rings. The van der Waals surface area contributed by atoms with E-state index >= 15 is 0 Å². The minimum absolute atomic E-state index is 0.0869. The lowest BCUT2D eigenvalue weighted by Crippen LogP contribution is -2.54. The number of nitrogens with zero attached hydrogens (tertiary/aromatic N) is 1. The average molecular weight is 278 g/mol. The molecule has 1 saturated heterocycles. The molecule has 108 valence electrons. The maximum Gasteiger partial charge on any atom is 0.317 e. The average Bonchev–Trinajstić information content (AvgIpc) is 2.42. The van der Waals surface area contributed by atoms with Gasteiger partial charge in [-0.25, -0.2) is 0 Å². The zero-order valence-corrected chi connectivity index (χ0v) is 11.0. The van der Waals surface area contributed by atoms with E-state index in [0.29, 0.717) is 18.5 Å². The van der Waals surface area contributed by atoms with Gasteiger partial charge in [0.15, 0.2) is 0 Å². The van der Waals surface area contributed by atoms with Crippen LogP contribution in [0.4, 0.5) is 0 Å². The van der Waals surface area contributed by atoms with Gasteiger partial charge in [-0.2, -0.15) is 0 Å². The Kier molecular flexibility index (Phi) is 4.70. The molecule has 1 fully saturated rings. The summed E-state index contributed by atoms with van der Waals surface area (Å²) in [5, 5.41) is 21.5. The third-order valence-electron chi connectivity index (χ3n) is 3.38. The van der Waals surface area contributed by atoms with Crippen molar-refractivity contribution < 1.29 is 19.8 Å². The number of aliphatic carboxylic acids is 1. The second kappa shape index (κ2) is 6.49. The minimum atomic E-state index is -0.913. The van der Waals surface area contributed by atoms with E-state index in [1.807, 2.05) is 6.07 Å². The molecule has 2 atom stereocenters. The maximum atomic E-state index is 12.0. The van der Waals surface area contributed by atoms with Crippen LogP contribution < -0.4 is 5.32 Å². The first-order chi connectivity index (χ1) is 9.56. The first kappa shape index (κ1) is 14.5. The number of carbonyl (C=O) groups is 2. The van der Waals surface area contributed by atoms with Gasteiger partial charge < -0.3 is 15.5 Å². The van der Waals surface area contributed by atoms with Crippen LogP contribution in [0.5, 0.6) is 0 Å². The molecule has 1 aromatic rings. The Hall–Kier alpha value is -1.92. The molecule has 1 amide bonds. The molecule has 1 aromatic carbocycles. The van der Waals surface area contributed by atoms with Crippen LogP contribution in [-0.4, -0.2) is 58.8 Å². The van der Waals surface area contributed by atoms with Crippen LogP contribution in [0.3, 0.4) is 0 Å². The van der Waals surface area contributed by atoms with E-state index in [-0.39, 0.29) is 25.0 Å². The monoisotopic (exact) mass is 278 g/mol. The fourth-order valence-electron chi connectivity index (χ4n) is 2.34. The highest BCUT2D eigenvalue weighted by Crippen LogP contribution is 2.12. The summed E-state index contributed by atoms with van der Waals surface area (Å²) in [6, 6.07) is 8.47. The van der Waals surface area contributed by atoms with Gasteiger partial charge in [0, 0.05) is 18.7 Å². The number of β-amino-alcohol motifs (C(OH)–C–C–N with tert-alkyl or cyclic N) is 1. The standard InChI is InChI=1S/C14H18N2O4/c17-12-8-16(9-13(18)19)7-6-11(12)15-14(20)10-4-2-1-3-5-10/h1-5,11-12,17H,6-9H2,(H,15,20)(H,18,19)/t11-,12-/m1/s1. The van der Waals surface area contributed by atoms with Crippen LogP contribution in [0.15, 0.2) is 30.3 Å². The number of aliphatic hydroxyl groups excluding tert-OH is 1. The van der Waals surface area contributed by atoms with E-state index in [2.05, 4.69) is 5.32 Å². The summed E-state index contributed by atoms with van der Waals surface area (Å²) >= 11 is 0. The Labute approximate surface area is 117 Å². The zero-order valence-electron chi connectivity index (χ0n) is 11.0. The smallest absolute Gasteiger partial charge is 0.317 e. The fourth-order valence-corrected chi connectivity index (χ4v) is 2.34. The summed E-state index contributed by atoms with van der Waals surface area (Å²) in [6.45, 7) is 0.714. The summed E-state index contributed by atoms with van der Waals surface area (Å²) in [5.41, 5.74) is 0.549. The van der Waals surface area contributed by atoms with E-state index in [1.165, 1.54) is 0 Å². The molecule has 0 unspecified atom stereocenters. The molecular formula is C14H18N2O4. The van der Waals surface area contributed by atoms with Crippen molar-refractivity contribution in [1.29, 1.82) is 0 Å². The summed E-state index contributed by atoms with van der Waals surface area (Å²) in [7, 11) is 0. The van der Waals surface area contributed by atoms with Crippen molar-refractivity contribution in [2.75, 3.05) is 19.6 Å². The van der Waals surface area contributed by atoms with Crippen LogP contribution in [0, 0.1) is 0 Å². The molecule has 0 bridgehead atoms. The topological polar surface area (TPSA) is 89.9 Å². The van der Waals surface area contributed by atoms with E-state index in [4.69, 9.17) is 5.11 Å². The third-order valence-corrected chi connectivity index (χ3v) is 3.38. The number of carboxylic acids is 1. The second-order valence-corrected chi connectivity index (χ2v) is 4.93. The second-order valence-electron chi connectivity index (χ2n) is 4.93. The molecule has 2 rings (SSSR count). The van der Waals surface area contributed by atoms with Crippen molar-refractivity contribution in [2.45, 2.75) is 18.6 Å². The first-order valence-electron chi connectivity index (χ1n) is 6.54. The van der Waals surface area contributed by atoms with Gasteiger partial charge in [0.1, 0.15) is 0 Å². The predicted molar refractivity (Wildman–Crippen MR) is 72.4 cm³/mol. The Morgan fingerprint density at radius 2 is 2.00 bits per heavy atom. The molecular weight excluding hydrogens is 260 g/mol. The van der Waals surface area contributed by atoms with Crippen molar-refractivity contribution >= 4 is 11.9 Å². The number of hydrogen-bond donors (Lipinski definition) is 3. The van der Waals surface area contributed by atoms with Gasteiger partial charge in [-0.15, -0.1) is 0 Å². The van der Waals surface area contributed by atoms with Crippen LogP contribution >= 0.6 is 0 Å². The third kappa shape index (κ3) is 3.79. The predicted octanol–water partition coefficient (Wildman–Crippen LogP) is -0.0638. The Bertz CT molecular complexity index is 477. The minimum Gasteiger partial charge on any atom is -0.480 e. The highest BCUT2D eigenvalue weighted by Gasteiger charge is 2.29. The number of rotatable bonds is 4. The SMILES string of the molecule is O=C(O)CN1CC[C@@H](NC(=O)c2ccccc2)[C@H](O)C1. The molecule has 1 heterocycles. The van der Waals surface area contributed by atoms with Gasteiger partial charge in [0.05, 0.1) is 18.7 Å². The van der Waals surface area contributed by atoms with Crippen molar-refractivity contribution in [2.24, 2.45) is 0 Å². The highest BCUT2D eigenvalue weighted by atomic mass is 16.4.